The zero-order valence-corrected chi connectivity index (χ0v) is 17.6. The molecule has 1 fully saturated rings. The van der Waals surface area contributed by atoms with Crippen molar-refractivity contribution >= 4 is 18.7 Å². The predicted molar refractivity (Wildman–Crippen MR) is 110 cm³/mol. The number of nitrogens with zero attached hydrogens (tertiary/aromatic N) is 1. The minimum atomic E-state index is -1.56. The van der Waals surface area contributed by atoms with Crippen LogP contribution in [0.15, 0.2) is 18.2 Å². The fourth-order valence-corrected chi connectivity index (χ4v) is 3.51. The Kier molecular flexibility index (Phi) is 7.74. The molecule has 8 heteroatoms. The quantitative estimate of drug-likeness (QED) is 0.638. The van der Waals surface area contributed by atoms with Gasteiger partial charge in [-0.25, -0.2) is 4.79 Å². The number of methoxy groups -OCH3 is 1. The topological polar surface area (TPSA) is 91.3 Å². The Hall–Kier alpha value is -1.77. The van der Waals surface area contributed by atoms with Crippen LogP contribution in [0.5, 0.6) is 5.75 Å². The molecule has 0 atom stereocenters. The van der Waals surface area contributed by atoms with Gasteiger partial charge in [0.2, 0.25) is 0 Å². The smallest absolute Gasteiger partial charge is 0.492 e. The Bertz CT molecular complexity index is 654. The first-order chi connectivity index (χ1) is 13.1. The van der Waals surface area contributed by atoms with Gasteiger partial charge in [0.25, 0.3) is 0 Å². The number of carbonyl (C=O) groups excluding carboxylic acids is 1. The second kappa shape index (κ2) is 9.63. The number of nitrogens with one attached hydrogen (secondary N) is 1. The number of hydrogen-bond donors (Lipinski definition) is 3. The molecule has 2 rings (SSSR count). The summed E-state index contributed by atoms with van der Waals surface area (Å²) in [5, 5.41) is 22.5. The van der Waals surface area contributed by atoms with Gasteiger partial charge in [-0.05, 0) is 58.1 Å². The molecule has 1 saturated carbocycles. The molecule has 0 heterocycles. The van der Waals surface area contributed by atoms with Crippen LogP contribution in [0.1, 0.15) is 52.0 Å². The van der Waals surface area contributed by atoms with Crippen molar-refractivity contribution in [1.82, 2.24) is 10.2 Å². The van der Waals surface area contributed by atoms with Crippen LogP contribution in [0.25, 0.3) is 0 Å². The average molecular weight is 392 g/mol. The summed E-state index contributed by atoms with van der Waals surface area (Å²) >= 11 is 0. The number of hydrogen-bond acceptors (Lipinski definition) is 6. The molecule has 1 amide bonds. The van der Waals surface area contributed by atoms with Gasteiger partial charge in [-0.3, -0.25) is 0 Å². The summed E-state index contributed by atoms with van der Waals surface area (Å²) in [5.74, 6) is 0.462. The Morgan fingerprint density at radius 3 is 2.43 bits per heavy atom. The molecule has 0 saturated heterocycles. The van der Waals surface area contributed by atoms with E-state index in [9.17, 15) is 14.8 Å². The Labute approximate surface area is 168 Å². The molecular weight excluding hydrogens is 359 g/mol. The Balaban J connectivity index is 1.83. The normalized spacial score (nSPS) is 19.8. The third-order valence-corrected chi connectivity index (χ3v) is 5.09. The highest BCUT2D eigenvalue weighted by atomic mass is 16.6. The molecule has 156 valence electrons. The lowest BCUT2D eigenvalue weighted by molar-refractivity contribution is 0.0179. The molecule has 0 aromatic heterocycles. The number of ether oxygens (including phenoxy) is 2. The van der Waals surface area contributed by atoms with Crippen molar-refractivity contribution in [3.8, 4) is 5.75 Å². The van der Waals surface area contributed by atoms with Gasteiger partial charge in [0.1, 0.15) is 11.4 Å². The Morgan fingerprint density at radius 2 is 1.89 bits per heavy atom. The van der Waals surface area contributed by atoms with Crippen molar-refractivity contribution in [3.63, 3.8) is 0 Å². The van der Waals surface area contributed by atoms with Crippen molar-refractivity contribution in [1.29, 1.82) is 0 Å². The molecule has 0 aliphatic heterocycles. The van der Waals surface area contributed by atoms with Gasteiger partial charge >= 0.3 is 13.2 Å². The lowest BCUT2D eigenvalue weighted by Crippen LogP contribution is -2.45. The van der Waals surface area contributed by atoms with Crippen LogP contribution in [0.4, 0.5) is 4.79 Å². The minimum absolute atomic E-state index is 0.199. The summed E-state index contributed by atoms with van der Waals surface area (Å²) in [4.78, 5) is 13.9. The van der Waals surface area contributed by atoms with E-state index in [1.165, 1.54) is 7.11 Å². The molecule has 1 aromatic rings. The molecular formula is C20H33BN2O5. The van der Waals surface area contributed by atoms with Crippen molar-refractivity contribution < 1.29 is 24.3 Å². The second-order valence-corrected chi connectivity index (χ2v) is 8.43. The highest BCUT2D eigenvalue weighted by molar-refractivity contribution is 6.59. The summed E-state index contributed by atoms with van der Waals surface area (Å²) in [5.41, 5.74) is 0.852. The van der Waals surface area contributed by atoms with Crippen molar-refractivity contribution in [2.75, 3.05) is 14.2 Å². The largest absolute Gasteiger partial charge is 0.497 e. The molecule has 1 aromatic carbocycles. The molecule has 7 nitrogen and oxygen atoms in total. The summed E-state index contributed by atoms with van der Waals surface area (Å²) in [6.45, 7) is 6.26. The van der Waals surface area contributed by atoms with E-state index in [0.29, 0.717) is 23.8 Å². The first kappa shape index (κ1) is 22.5. The molecule has 0 bridgehead atoms. The lowest BCUT2D eigenvalue weighted by Gasteiger charge is -2.35. The third-order valence-electron chi connectivity index (χ3n) is 5.09. The van der Waals surface area contributed by atoms with Crippen LogP contribution in [-0.4, -0.2) is 60.0 Å². The zero-order chi connectivity index (χ0) is 20.9. The van der Waals surface area contributed by atoms with Crippen LogP contribution in [0.3, 0.4) is 0 Å². The monoisotopic (exact) mass is 392 g/mol. The van der Waals surface area contributed by atoms with Gasteiger partial charge in [0.05, 0.1) is 7.11 Å². The standard InChI is InChI=1S/C20H33BN2O5/c1-20(2,3)28-19(24)23(4)16-9-7-15(8-10-16)22-13-14-6-11-18(27-5)17(12-14)21(25)26/h6,11-12,15-16,22,25-26H,7-10,13H2,1-5H3. The highest BCUT2D eigenvalue weighted by Gasteiger charge is 2.29. The average Bonchev–Trinajstić information content (AvgIpc) is 2.64. The highest BCUT2D eigenvalue weighted by Crippen LogP contribution is 2.24. The van der Waals surface area contributed by atoms with Crippen LogP contribution in [-0.2, 0) is 11.3 Å². The molecule has 3 N–H and O–H groups in total. The summed E-state index contributed by atoms with van der Waals surface area (Å²) in [7, 11) is 1.76. The number of amides is 1. The first-order valence-corrected chi connectivity index (χ1v) is 9.83. The van der Waals surface area contributed by atoms with E-state index in [1.807, 2.05) is 33.9 Å². The number of benzene rings is 1. The van der Waals surface area contributed by atoms with E-state index in [4.69, 9.17) is 9.47 Å². The van der Waals surface area contributed by atoms with Crippen molar-refractivity contribution in [3.05, 3.63) is 23.8 Å². The van der Waals surface area contributed by atoms with E-state index in [0.717, 1.165) is 31.2 Å². The van der Waals surface area contributed by atoms with E-state index in [2.05, 4.69) is 5.32 Å². The Morgan fingerprint density at radius 1 is 1.25 bits per heavy atom. The maximum Gasteiger partial charge on any atom is 0.492 e. The maximum atomic E-state index is 12.2. The van der Waals surface area contributed by atoms with Gasteiger partial charge in [-0.1, -0.05) is 12.1 Å². The molecule has 0 radical (unpaired) electrons. The molecule has 0 spiro atoms. The summed E-state index contributed by atoms with van der Waals surface area (Å²) in [6, 6.07) is 5.98. The van der Waals surface area contributed by atoms with Crippen LogP contribution in [0.2, 0.25) is 0 Å². The lowest BCUT2D eigenvalue weighted by atomic mass is 9.78. The summed E-state index contributed by atoms with van der Waals surface area (Å²) in [6.07, 6.45) is 3.54. The van der Waals surface area contributed by atoms with Gasteiger partial charge in [-0.2, -0.15) is 0 Å². The van der Waals surface area contributed by atoms with Crippen LogP contribution < -0.4 is 15.5 Å². The second-order valence-electron chi connectivity index (χ2n) is 8.43. The van der Waals surface area contributed by atoms with Crippen LogP contribution >= 0.6 is 0 Å². The van der Waals surface area contributed by atoms with Gasteiger partial charge in [0.15, 0.2) is 0 Å². The van der Waals surface area contributed by atoms with Crippen molar-refractivity contribution in [2.24, 2.45) is 0 Å². The van der Waals surface area contributed by atoms with Gasteiger partial charge in [0, 0.05) is 31.1 Å². The maximum absolute atomic E-state index is 12.2. The fourth-order valence-electron chi connectivity index (χ4n) is 3.51. The molecule has 28 heavy (non-hydrogen) atoms. The SMILES string of the molecule is COc1ccc(CNC2CCC(N(C)C(=O)OC(C)(C)C)CC2)cc1B(O)O. The van der Waals surface area contributed by atoms with E-state index >= 15 is 0 Å². The van der Waals surface area contributed by atoms with E-state index in [1.54, 1.807) is 17.0 Å². The first-order valence-electron chi connectivity index (χ1n) is 9.83. The zero-order valence-electron chi connectivity index (χ0n) is 17.6. The fraction of sp³-hybridized carbons (Fsp3) is 0.650. The molecule has 1 aliphatic carbocycles. The summed E-state index contributed by atoms with van der Waals surface area (Å²) < 4.78 is 10.6. The van der Waals surface area contributed by atoms with Gasteiger partial charge < -0.3 is 29.7 Å². The van der Waals surface area contributed by atoms with Crippen LogP contribution in [0, 0.1) is 0 Å². The van der Waals surface area contributed by atoms with E-state index < -0.39 is 12.7 Å². The predicted octanol–water partition coefficient (Wildman–Crippen LogP) is 1.64. The van der Waals surface area contributed by atoms with Crippen molar-refractivity contribution in [2.45, 2.75) is 70.7 Å². The third kappa shape index (κ3) is 6.39. The molecule has 0 unspecified atom stereocenters. The van der Waals surface area contributed by atoms with Gasteiger partial charge in [-0.15, -0.1) is 0 Å². The minimum Gasteiger partial charge on any atom is -0.497 e. The van der Waals surface area contributed by atoms with E-state index in [-0.39, 0.29) is 12.1 Å². The molecule has 1 aliphatic rings. The number of carbonyl (C=O) groups is 1. The number of rotatable bonds is 6.